The van der Waals surface area contributed by atoms with Gasteiger partial charge in [-0.05, 0) is 23.3 Å². The van der Waals surface area contributed by atoms with Gasteiger partial charge in [0.1, 0.15) is 0 Å². The highest BCUT2D eigenvalue weighted by atomic mass is 16.2. The van der Waals surface area contributed by atoms with Crippen LogP contribution in [0.25, 0.3) is 10.8 Å². The Morgan fingerprint density at radius 3 is 2.38 bits per heavy atom. The van der Waals surface area contributed by atoms with Crippen molar-refractivity contribution in [2.45, 2.75) is 13.0 Å². The number of benzene rings is 3. The molecule has 0 unspecified atom stereocenters. The third-order valence-electron chi connectivity index (χ3n) is 4.05. The lowest BCUT2D eigenvalue weighted by Gasteiger charge is -2.13. The third-order valence-corrected chi connectivity index (χ3v) is 4.05. The maximum absolute atomic E-state index is 12.0. The van der Waals surface area contributed by atoms with Crippen LogP contribution in [0.1, 0.15) is 24.1 Å². The van der Waals surface area contributed by atoms with Crippen molar-refractivity contribution in [3.63, 3.8) is 0 Å². The van der Waals surface area contributed by atoms with Gasteiger partial charge in [-0.1, -0.05) is 72.8 Å². The summed E-state index contributed by atoms with van der Waals surface area (Å²) in [5, 5.41) is 8.66. The maximum Gasteiger partial charge on any atom is 0.329 e. The Labute approximate surface area is 151 Å². The van der Waals surface area contributed by atoms with E-state index in [-0.39, 0.29) is 6.04 Å². The molecule has 0 aliphatic heterocycles. The van der Waals surface area contributed by atoms with E-state index in [4.69, 9.17) is 0 Å². The summed E-state index contributed by atoms with van der Waals surface area (Å²) in [7, 11) is 0. The third kappa shape index (κ3) is 4.13. The van der Waals surface area contributed by atoms with Crippen molar-refractivity contribution in [3.8, 4) is 0 Å². The Balaban J connectivity index is 1.61. The molecular weight excluding hydrogens is 326 g/mol. The van der Waals surface area contributed by atoms with E-state index in [9.17, 15) is 9.59 Å². The molecule has 2 amide bonds. The number of hydrogen-bond acceptors (Lipinski definition) is 3. The van der Waals surface area contributed by atoms with Crippen LogP contribution in [-0.4, -0.2) is 18.0 Å². The van der Waals surface area contributed by atoms with E-state index in [0.717, 1.165) is 21.9 Å². The first-order valence-corrected chi connectivity index (χ1v) is 8.32. The van der Waals surface area contributed by atoms with Gasteiger partial charge in [-0.2, -0.15) is 5.10 Å². The highest BCUT2D eigenvalue weighted by molar-refractivity contribution is 6.35. The molecule has 0 bridgehead atoms. The molecule has 0 radical (unpaired) electrons. The molecule has 0 saturated heterocycles. The van der Waals surface area contributed by atoms with Crippen molar-refractivity contribution >= 4 is 28.8 Å². The van der Waals surface area contributed by atoms with Gasteiger partial charge in [0, 0.05) is 5.56 Å². The molecule has 0 aliphatic rings. The molecule has 0 aromatic heterocycles. The predicted molar refractivity (Wildman–Crippen MR) is 103 cm³/mol. The minimum Gasteiger partial charge on any atom is -0.341 e. The quantitative estimate of drug-likeness (QED) is 0.433. The fourth-order valence-corrected chi connectivity index (χ4v) is 2.66. The fraction of sp³-hybridized carbons (Fsp3) is 0.0952. The molecule has 0 heterocycles. The SMILES string of the molecule is C[C@H](NC(=O)C(=O)N/N=C\c1cccc2ccccc12)c1ccccc1. The Hall–Kier alpha value is -3.47. The molecule has 2 N–H and O–H groups in total. The number of hydrogen-bond donors (Lipinski definition) is 2. The first-order valence-electron chi connectivity index (χ1n) is 8.32. The summed E-state index contributed by atoms with van der Waals surface area (Å²) in [5.41, 5.74) is 4.06. The van der Waals surface area contributed by atoms with Crippen molar-refractivity contribution in [3.05, 3.63) is 83.9 Å². The summed E-state index contributed by atoms with van der Waals surface area (Å²) in [4.78, 5) is 23.9. The zero-order valence-corrected chi connectivity index (χ0v) is 14.3. The Bertz CT molecular complexity index is 946. The number of hydrazone groups is 1. The number of amides is 2. The fourth-order valence-electron chi connectivity index (χ4n) is 2.66. The average Bonchev–Trinajstić information content (AvgIpc) is 2.68. The van der Waals surface area contributed by atoms with E-state index in [1.54, 1.807) is 0 Å². The van der Waals surface area contributed by atoms with Gasteiger partial charge in [0.2, 0.25) is 0 Å². The number of carbonyl (C=O) groups is 2. The van der Waals surface area contributed by atoms with Crippen molar-refractivity contribution in [1.82, 2.24) is 10.7 Å². The second-order valence-electron chi connectivity index (χ2n) is 5.87. The largest absolute Gasteiger partial charge is 0.341 e. The Morgan fingerprint density at radius 2 is 1.58 bits per heavy atom. The number of fused-ring (bicyclic) bond motifs is 1. The molecule has 5 heteroatoms. The van der Waals surface area contributed by atoms with Gasteiger partial charge < -0.3 is 5.32 Å². The monoisotopic (exact) mass is 345 g/mol. The summed E-state index contributed by atoms with van der Waals surface area (Å²) < 4.78 is 0. The zero-order chi connectivity index (χ0) is 18.4. The van der Waals surface area contributed by atoms with Crippen molar-refractivity contribution < 1.29 is 9.59 Å². The molecule has 5 nitrogen and oxygen atoms in total. The van der Waals surface area contributed by atoms with Crippen LogP contribution in [0.15, 0.2) is 77.9 Å². The summed E-state index contributed by atoms with van der Waals surface area (Å²) in [6.07, 6.45) is 1.54. The number of carbonyl (C=O) groups excluding carboxylic acids is 2. The van der Waals surface area contributed by atoms with Crippen LogP contribution in [-0.2, 0) is 9.59 Å². The summed E-state index contributed by atoms with van der Waals surface area (Å²) in [6, 6.07) is 22.9. The predicted octanol–water partition coefficient (Wildman–Crippen LogP) is 3.17. The second kappa shape index (κ2) is 8.07. The van der Waals surface area contributed by atoms with Crippen molar-refractivity contribution in [2.24, 2.45) is 5.10 Å². The van der Waals surface area contributed by atoms with Gasteiger partial charge in [-0.15, -0.1) is 0 Å². The highest BCUT2D eigenvalue weighted by Crippen LogP contribution is 2.16. The molecule has 1 atom stereocenters. The average molecular weight is 345 g/mol. The van der Waals surface area contributed by atoms with Gasteiger partial charge in [-0.25, -0.2) is 5.43 Å². The van der Waals surface area contributed by atoms with Gasteiger partial charge in [0.25, 0.3) is 0 Å². The van der Waals surface area contributed by atoms with E-state index in [1.807, 2.05) is 79.7 Å². The molecule has 130 valence electrons. The van der Waals surface area contributed by atoms with Gasteiger partial charge in [0.15, 0.2) is 0 Å². The molecule has 0 aliphatic carbocycles. The van der Waals surface area contributed by atoms with Gasteiger partial charge >= 0.3 is 11.8 Å². The zero-order valence-electron chi connectivity index (χ0n) is 14.3. The smallest absolute Gasteiger partial charge is 0.329 e. The topological polar surface area (TPSA) is 70.6 Å². The summed E-state index contributed by atoms with van der Waals surface area (Å²) in [5.74, 6) is -1.53. The normalized spacial score (nSPS) is 12.0. The van der Waals surface area contributed by atoms with Gasteiger partial charge in [-0.3, -0.25) is 9.59 Å². The van der Waals surface area contributed by atoms with Crippen molar-refractivity contribution in [1.29, 1.82) is 0 Å². The van der Waals surface area contributed by atoms with E-state index in [0.29, 0.717) is 0 Å². The van der Waals surface area contributed by atoms with E-state index in [2.05, 4.69) is 15.8 Å². The van der Waals surface area contributed by atoms with E-state index < -0.39 is 11.8 Å². The lowest BCUT2D eigenvalue weighted by molar-refractivity contribution is -0.139. The van der Waals surface area contributed by atoms with Crippen LogP contribution < -0.4 is 10.7 Å². The molecular formula is C21H19N3O2. The first kappa shape index (κ1) is 17.4. The van der Waals surface area contributed by atoms with E-state index in [1.165, 1.54) is 6.21 Å². The second-order valence-corrected chi connectivity index (χ2v) is 5.87. The van der Waals surface area contributed by atoms with Gasteiger partial charge in [0.05, 0.1) is 12.3 Å². The number of nitrogens with one attached hydrogen (secondary N) is 2. The summed E-state index contributed by atoms with van der Waals surface area (Å²) in [6.45, 7) is 1.82. The standard InChI is InChI=1S/C21H19N3O2/c1-15(16-8-3-2-4-9-16)23-20(25)21(26)24-22-14-18-12-7-11-17-10-5-6-13-19(17)18/h2-15H,1H3,(H,23,25)(H,24,26)/b22-14-/t15-/m0/s1. The highest BCUT2D eigenvalue weighted by Gasteiger charge is 2.16. The minimum atomic E-state index is -0.802. The molecule has 3 aromatic carbocycles. The minimum absolute atomic E-state index is 0.267. The lowest BCUT2D eigenvalue weighted by Crippen LogP contribution is -2.39. The first-order chi connectivity index (χ1) is 12.6. The number of nitrogens with zero attached hydrogens (tertiary/aromatic N) is 1. The number of rotatable bonds is 4. The van der Waals surface area contributed by atoms with E-state index >= 15 is 0 Å². The van der Waals surface area contributed by atoms with Crippen LogP contribution >= 0.6 is 0 Å². The molecule has 0 fully saturated rings. The molecule has 3 rings (SSSR count). The molecule has 3 aromatic rings. The maximum atomic E-state index is 12.0. The van der Waals surface area contributed by atoms with Crippen LogP contribution in [0.4, 0.5) is 0 Å². The van der Waals surface area contributed by atoms with Crippen LogP contribution in [0, 0.1) is 0 Å². The molecule has 26 heavy (non-hydrogen) atoms. The van der Waals surface area contributed by atoms with Crippen LogP contribution in [0.5, 0.6) is 0 Å². The molecule has 0 spiro atoms. The molecule has 0 saturated carbocycles. The Morgan fingerprint density at radius 1 is 0.885 bits per heavy atom. The van der Waals surface area contributed by atoms with Crippen LogP contribution in [0.3, 0.4) is 0 Å². The summed E-state index contributed by atoms with van der Waals surface area (Å²) >= 11 is 0. The lowest BCUT2D eigenvalue weighted by atomic mass is 10.1. The van der Waals surface area contributed by atoms with Crippen LogP contribution in [0.2, 0.25) is 0 Å². The van der Waals surface area contributed by atoms with Crippen molar-refractivity contribution in [2.75, 3.05) is 0 Å². The Kier molecular flexibility index (Phi) is 5.39.